The summed E-state index contributed by atoms with van der Waals surface area (Å²) >= 11 is 0. The van der Waals surface area contributed by atoms with E-state index in [1.54, 1.807) is 48.5 Å². The van der Waals surface area contributed by atoms with Gasteiger partial charge in [-0.1, -0.05) is 43.0 Å². The number of phenols is 1. The number of benzene rings is 3. The van der Waals surface area contributed by atoms with Gasteiger partial charge in [0.1, 0.15) is 5.75 Å². The Morgan fingerprint density at radius 1 is 0.627 bits per heavy atom. The summed E-state index contributed by atoms with van der Waals surface area (Å²) in [6, 6.07) is 23.5. The van der Waals surface area contributed by atoms with Crippen molar-refractivity contribution in [2.24, 2.45) is 5.73 Å². The fourth-order valence-electron chi connectivity index (χ4n) is 4.43. The van der Waals surface area contributed by atoms with Gasteiger partial charge in [-0.05, 0) is 42.0 Å². The zero-order chi connectivity index (χ0) is 35.9. The van der Waals surface area contributed by atoms with Gasteiger partial charge in [0.15, 0.2) is 0 Å². The van der Waals surface area contributed by atoms with Gasteiger partial charge in [0.05, 0.1) is 52.9 Å². The van der Waals surface area contributed by atoms with Crippen LogP contribution in [0.3, 0.4) is 0 Å². The Labute approximate surface area is 298 Å². The lowest BCUT2D eigenvalue weighted by atomic mass is 10.2. The Hall–Kier alpha value is -5.32. The number of anilines is 5. The van der Waals surface area contributed by atoms with Crippen molar-refractivity contribution in [2.75, 3.05) is 95.0 Å². The number of hydrogen-bond acceptors (Lipinski definition) is 14. The molecule has 0 fully saturated rings. The molecule has 4 rings (SSSR count). The molecule has 272 valence electrons. The molecule has 0 spiro atoms. The maximum atomic E-state index is 12.6. The van der Waals surface area contributed by atoms with Crippen LogP contribution in [0, 0.1) is 0 Å². The first kappa shape index (κ1) is 38.5. The molecule has 0 aliphatic rings. The van der Waals surface area contributed by atoms with Crippen LogP contribution in [0.5, 0.6) is 5.75 Å². The Morgan fingerprint density at radius 3 is 1.86 bits per heavy atom. The molecule has 1 aromatic heterocycles. The Bertz CT molecular complexity index is 1610. The van der Waals surface area contributed by atoms with E-state index in [4.69, 9.17) is 24.7 Å². The number of amides is 1. The molecule has 0 saturated carbocycles. The lowest BCUT2D eigenvalue weighted by Crippen LogP contribution is -2.27. The summed E-state index contributed by atoms with van der Waals surface area (Å²) in [6.45, 7) is 9.55. The molecule has 0 saturated heterocycles. The van der Waals surface area contributed by atoms with Gasteiger partial charge in [0.2, 0.25) is 17.8 Å². The summed E-state index contributed by atoms with van der Waals surface area (Å²) in [4.78, 5) is 26.0. The zero-order valence-corrected chi connectivity index (χ0v) is 28.6. The van der Waals surface area contributed by atoms with Crippen LogP contribution in [0.2, 0.25) is 0 Å². The number of nitrogens with two attached hydrogens (primary N) is 1. The van der Waals surface area contributed by atoms with Crippen molar-refractivity contribution >= 4 is 40.8 Å². The van der Waals surface area contributed by atoms with E-state index in [2.05, 4.69) is 48.1 Å². The van der Waals surface area contributed by atoms with Crippen molar-refractivity contribution in [3.05, 3.63) is 96.6 Å². The van der Waals surface area contributed by atoms with E-state index >= 15 is 0 Å². The number of nitrogens with zero attached hydrogens (tertiary/aromatic N) is 3. The lowest BCUT2D eigenvalue weighted by molar-refractivity contribution is 0.0511. The molecule has 1 heterocycles. The highest BCUT2D eigenvalue weighted by atomic mass is 16.5. The van der Waals surface area contributed by atoms with Gasteiger partial charge in [0.25, 0.3) is 5.91 Å². The van der Waals surface area contributed by atoms with Crippen LogP contribution in [0.25, 0.3) is 5.70 Å². The van der Waals surface area contributed by atoms with Crippen molar-refractivity contribution in [1.29, 1.82) is 0 Å². The third-order valence-electron chi connectivity index (χ3n) is 6.92. The van der Waals surface area contributed by atoms with Crippen molar-refractivity contribution in [2.45, 2.75) is 0 Å². The molecule has 15 nitrogen and oxygen atoms in total. The van der Waals surface area contributed by atoms with Gasteiger partial charge < -0.3 is 56.4 Å². The quantitative estimate of drug-likeness (QED) is 0.0496. The third kappa shape index (κ3) is 15.0. The average Bonchev–Trinajstić information content (AvgIpc) is 3.14. The largest absolute Gasteiger partial charge is 0.508 e. The summed E-state index contributed by atoms with van der Waals surface area (Å²) in [7, 11) is 0. The molecule has 0 aliphatic heterocycles. The molecular weight excluding hydrogens is 654 g/mol. The highest BCUT2D eigenvalue weighted by molar-refractivity contribution is 5.94. The topological polar surface area (TPSA) is 199 Å². The molecule has 0 bridgehead atoms. The van der Waals surface area contributed by atoms with Crippen LogP contribution in [0.15, 0.2) is 85.4 Å². The van der Waals surface area contributed by atoms with Crippen LogP contribution in [0.1, 0.15) is 15.9 Å². The van der Waals surface area contributed by atoms with Crippen molar-refractivity contribution in [3.8, 4) is 5.75 Å². The Kier molecular flexibility index (Phi) is 16.9. The van der Waals surface area contributed by atoms with Gasteiger partial charge in [-0.3, -0.25) is 4.79 Å². The number of phenolic OH excluding ortho intramolecular Hbond substituents is 1. The lowest BCUT2D eigenvalue weighted by Gasteiger charge is -2.12. The van der Waals surface area contributed by atoms with Crippen molar-refractivity contribution < 1.29 is 28.8 Å². The monoisotopic (exact) mass is 701 g/mol. The van der Waals surface area contributed by atoms with E-state index in [9.17, 15) is 9.90 Å². The molecule has 0 aliphatic carbocycles. The van der Waals surface area contributed by atoms with Crippen LogP contribution < -0.4 is 32.3 Å². The van der Waals surface area contributed by atoms with Crippen LogP contribution in [0.4, 0.5) is 29.2 Å². The molecule has 51 heavy (non-hydrogen) atoms. The number of aromatic hydroxyl groups is 1. The van der Waals surface area contributed by atoms with Crippen molar-refractivity contribution in [1.82, 2.24) is 25.6 Å². The fraction of sp³-hybridized carbons (Fsp3) is 0.333. The molecule has 15 heteroatoms. The second kappa shape index (κ2) is 22.4. The molecule has 8 N–H and O–H groups in total. The van der Waals surface area contributed by atoms with Gasteiger partial charge in [0, 0.05) is 54.9 Å². The van der Waals surface area contributed by atoms with Gasteiger partial charge in [-0.25, -0.2) is 0 Å². The number of carbonyl (C=O) groups is 1. The summed E-state index contributed by atoms with van der Waals surface area (Å²) in [5.41, 5.74) is 9.04. The molecule has 0 atom stereocenters. The summed E-state index contributed by atoms with van der Waals surface area (Å²) in [5, 5.41) is 25.4. The molecule has 1 amide bonds. The maximum Gasteiger partial charge on any atom is 0.251 e. The number of nitrogens with one attached hydrogen (secondary N) is 5. The standard InChI is InChI=1S/C36H47N9O6/c1-27(28-6-3-2-4-7-28)38-15-19-49-24-25-51-21-17-40-34-43-35(45-36(44-34)42-31-8-5-9-32(46)26-31)41-30-12-10-29(11-13-30)33(47)39-16-20-50-23-22-48-18-14-37/h2-13,26,38,46H,1,14-25,37H2,(H,39,47)(H3,40,41,42,43,44,45). The molecule has 0 unspecified atom stereocenters. The zero-order valence-electron chi connectivity index (χ0n) is 28.6. The normalized spacial score (nSPS) is 10.8. The summed E-state index contributed by atoms with van der Waals surface area (Å²) < 4.78 is 22.0. The second-order valence-electron chi connectivity index (χ2n) is 10.9. The van der Waals surface area contributed by atoms with E-state index in [0.717, 1.165) is 11.3 Å². The minimum Gasteiger partial charge on any atom is -0.508 e. The predicted octanol–water partition coefficient (Wildman–Crippen LogP) is 3.49. The maximum absolute atomic E-state index is 12.6. The molecule has 3 aromatic carbocycles. The molecule has 0 radical (unpaired) electrons. The second-order valence-corrected chi connectivity index (χ2v) is 10.9. The minimum absolute atomic E-state index is 0.102. The molecule has 4 aromatic rings. The number of carbonyl (C=O) groups excluding carboxylic acids is 1. The fourth-order valence-corrected chi connectivity index (χ4v) is 4.43. The third-order valence-corrected chi connectivity index (χ3v) is 6.92. The van der Waals surface area contributed by atoms with E-state index in [1.807, 2.05) is 30.3 Å². The Morgan fingerprint density at radius 2 is 1.22 bits per heavy atom. The van der Waals surface area contributed by atoms with E-state index < -0.39 is 0 Å². The van der Waals surface area contributed by atoms with E-state index in [-0.39, 0.29) is 23.6 Å². The highest BCUT2D eigenvalue weighted by Gasteiger charge is 2.10. The molecular formula is C36H47N9O6. The van der Waals surface area contributed by atoms with Gasteiger partial charge in [-0.15, -0.1) is 0 Å². The van der Waals surface area contributed by atoms with Crippen LogP contribution in [-0.4, -0.2) is 105 Å². The number of aromatic nitrogens is 3. The smallest absolute Gasteiger partial charge is 0.251 e. The van der Waals surface area contributed by atoms with Crippen LogP contribution >= 0.6 is 0 Å². The average molecular weight is 702 g/mol. The Balaban J connectivity index is 1.21. The van der Waals surface area contributed by atoms with Crippen molar-refractivity contribution in [3.63, 3.8) is 0 Å². The SMILES string of the molecule is C=C(NCCOCCOCCNc1nc(Nc2ccc(C(=O)NCCOCCOCCN)cc2)nc(Nc2cccc(O)c2)n1)c1ccccc1. The minimum atomic E-state index is -0.218. The summed E-state index contributed by atoms with van der Waals surface area (Å²) in [6.07, 6.45) is 0. The van der Waals surface area contributed by atoms with E-state index in [0.29, 0.717) is 102 Å². The van der Waals surface area contributed by atoms with Gasteiger partial charge >= 0.3 is 0 Å². The van der Waals surface area contributed by atoms with E-state index in [1.165, 1.54) is 0 Å². The van der Waals surface area contributed by atoms with Gasteiger partial charge in [-0.2, -0.15) is 15.0 Å². The summed E-state index contributed by atoms with van der Waals surface area (Å²) in [5.74, 6) is 0.708. The first-order chi connectivity index (χ1) is 25.0. The number of rotatable bonds is 25. The first-order valence-corrected chi connectivity index (χ1v) is 16.7. The predicted molar refractivity (Wildman–Crippen MR) is 198 cm³/mol. The van der Waals surface area contributed by atoms with Crippen LogP contribution in [-0.2, 0) is 18.9 Å². The highest BCUT2D eigenvalue weighted by Crippen LogP contribution is 2.21. The first-order valence-electron chi connectivity index (χ1n) is 16.7. The number of ether oxygens (including phenoxy) is 4. The number of hydrogen-bond donors (Lipinski definition) is 7.